The second-order valence-electron chi connectivity index (χ2n) is 5.98. The van der Waals surface area contributed by atoms with Gasteiger partial charge in [-0.25, -0.2) is 0 Å². The minimum absolute atomic E-state index is 0.665. The number of nitrogens with zero attached hydrogens (tertiary/aromatic N) is 1. The summed E-state index contributed by atoms with van der Waals surface area (Å²) in [6, 6.07) is 10.3. The molecule has 2 rings (SSSR count). The average molecular weight is 260 g/mol. The fourth-order valence-electron chi connectivity index (χ4n) is 2.99. The lowest BCUT2D eigenvalue weighted by atomic mass is 10.0. The molecule has 19 heavy (non-hydrogen) atoms. The first-order valence-electron chi connectivity index (χ1n) is 7.72. The summed E-state index contributed by atoms with van der Waals surface area (Å²) < 4.78 is 0. The van der Waals surface area contributed by atoms with Crippen LogP contribution in [0.2, 0.25) is 0 Å². The van der Waals surface area contributed by atoms with Crippen LogP contribution in [0.5, 0.6) is 0 Å². The van der Waals surface area contributed by atoms with E-state index in [0.717, 1.165) is 6.54 Å². The van der Waals surface area contributed by atoms with Crippen molar-refractivity contribution in [3.63, 3.8) is 0 Å². The quantitative estimate of drug-likeness (QED) is 0.875. The maximum Gasteiger partial charge on any atom is 0.0195 e. The largest absolute Gasteiger partial charge is 0.311 e. The van der Waals surface area contributed by atoms with Crippen LogP contribution in [0.1, 0.15) is 37.8 Å². The highest BCUT2D eigenvalue weighted by atomic mass is 15.2. The van der Waals surface area contributed by atoms with Crippen LogP contribution in [0.25, 0.3) is 0 Å². The van der Waals surface area contributed by atoms with E-state index in [1.54, 1.807) is 0 Å². The summed E-state index contributed by atoms with van der Waals surface area (Å²) in [6.45, 7) is 10.3. The molecular weight excluding hydrogens is 232 g/mol. The molecule has 1 aromatic rings. The third-order valence-electron chi connectivity index (χ3n) is 4.19. The lowest BCUT2D eigenvalue weighted by Gasteiger charge is -2.39. The summed E-state index contributed by atoms with van der Waals surface area (Å²) in [5, 5.41) is 3.67. The van der Waals surface area contributed by atoms with E-state index < -0.39 is 0 Å². The molecule has 1 aliphatic rings. The Bertz CT molecular complexity index is 389. The van der Waals surface area contributed by atoms with Gasteiger partial charge < -0.3 is 5.32 Å². The molecule has 0 radical (unpaired) electrons. The van der Waals surface area contributed by atoms with E-state index in [9.17, 15) is 0 Å². The molecular formula is C17H28N2. The Morgan fingerprint density at radius 3 is 2.95 bits per heavy atom. The van der Waals surface area contributed by atoms with Gasteiger partial charge in [0, 0.05) is 31.7 Å². The Balaban J connectivity index is 1.86. The second-order valence-corrected chi connectivity index (χ2v) is 5.98. The van der Waals surface area contributed by atoms with E-state index in [1.807, 2.05) is 0 Å². The van der Waals surface area contributed by atoms with Gasteiger partial charge in [0.25, 0.3) is 0 Å². The first-order valence-corrected chi connectivity index (χ1v) is 7.72. The lowest BCUT2D eigenvalue weighted by molar-refractivity contribution is 0.138. The number of nitrogens with one attached hydrogen (secondary N) is 1. The number of aryl methyl sites for hydroxylation is 1. The number of benzene rings is 1. The van der Waals surface area contributed by atoms with Crippen LogP contribution in [-0.2, 0) is 6.42 Å². The zero-order valence-corrected chi connectivity index (χ0v) is 12.7. The maximum absolute atomic E-state index is 3.67. The van der Waals surface area contributed by atoms with E-state index in [2.05, 4.69) is 55.3 Å². The molecule has 0 bridgehead atoms. The van der Waals surface area contributed by atoms with Crippen molar-refractivity contribution in [3.8, 4) is 0 Å². The SMILES string of the molecule is CCCC1CN(CCc2cccc(C)c2)C(C)CN1. The van der Waals surface area contributed by atoms with Crippen LogP contribution in [-0.4, -0.2) is 36.6 Å². The summed E-state index contributed by atoms with van der Waals surface area (Å²) in [6.07, 6.45) is 3.75. The van der Waals surface area contributed by atoms with Crippen molar-refractivity contribution < 1.29 is 0 Å². The van der Waals surface area contributed by atoms with E-state index in [0.29, 0.717) is 12.1 Å². The van der Waals surface area contributed by atoms with Gasteiger partial charge >= 0.3 is 0 Å². The predicted molar refractivity (Wildman–Crippen MR) is 82.6 cm³/mol. The second kappa shape index (κ2) is 7.06. The van der Waals surface area contributed by atoms with Gasteiger partial charge in [-0.2, -0.15) is 0 Å². The third kappa shape index (κ3) is 4.32. The molecule has 1 saturated heterocycles. The van der Waals surface area contributed by atoms with E-state index >= 15 is 0 Å². The average Bonchev–Trinajstić information content (AvgIpc) is 2.40. The predicted octanol–water partition coefficient (Wildman–Crippen LogP) is 3.00. The molecule has 1 fully saturated rings. The highest BCUT2D eigenvalue weighted by Gasteiger charge is 2.23. The minimum atomic E-state index is 0.665. The fraction of sp³-hybridized carbons (Fsp3) is 0.647. The van der Waals surface area contributed by atoms with Gasteiger partial charge in [-0.05, 0) is 32.3 Å². The van der Waals surface area contributed by atoms with Gasteiger partial charge in [-0.15, -0.1) is 0 Å². The minimum Gasteiger partial charge on any atom is -0.311 e. The Morgan fingerprint density at radius 1 is 1.37 bits per heavy atom. The molecule has 1 aliphatic heterocycles. The van der Waals surface area contributed by atoms with Crippen molar-refractivity contribution in [1.29, 1.82) is 0 Å². The van der Waals surface area contributed by atoms with Gasteiger partial charge in [0.15, 0.2) is 0 Å². The Labute approximate surface area is 118 Å². The normalized spacial score (nSPS) is 24.6. The van der Waals surface area contributed by atoms with Crippen LogP contribution in [0, 0.1) is 6.92 Å². The van der Waals surface area contributed by atoms with Crippen molar-refractivity contribution in [2.24, 2.45) is 0 Å². The monoisotopic (exact) mass is 260 g/mol. The highest BCUT2D eigenvalue weighted by molar-refractivity contribution is 5.22. The summed E-state index contributed by atoms with van der Waals surface area (Å²) in [7, 11) is 0. The first kappa shape index (κ1) is 14.5. The third-order valence-corrected chi connectivity index (χ3v) is 4.19. The van der Waals surface area contributed by atoms with Crippen molar-refractivity contribution in [2.75, 3.05) is 19.6 Å². The van der Waals surface area contributed by atoms with Gasteiger partial charge in [0.1, 0.15) is 0 Å². The molecule has 2 atom stereocenters. The van der Waals surface area contributed by atoms with Crippen molar-refractivity contribution in [1.82, 2.24) is 10.2 Å². The standard InChI is InChI=1S/C17H28N2/c1-4-6-17-13-19(15(3)12-18-17)10-9-16-8-5-7-14(2)11-16/h5,7-8,11,15,17-18H,4,6,9-10,12-13H2,1-3H3. The summed E-state index contributed by atoms with van der Waals surface area (Å²) >= 11 is 0. The zero-order valence-electron chi connectivity index (χ0n) is 12.7. The van der Waals surface area contributed by atoms with Crippen LogP contribution in [0.4, 0.5) is 0 Å². The van der Waals surface area contributed by atoms with Gasteiger partial charge in [0.05, 0.1) is 0 Å². The van der Waals surface area contributed by atoms with E-state index in [-0.39, 0.29) is 0 Å². The molecule has 2 heteroatoms. The zero-order chi connectivity index (χ0) is 13.7. The molecule has 0 amide bonds. The van der Waals surface area contributed by atoms with Crippen LogP contribution in [0.3, 0.4) is 0 Å². The van der Waals surface area contributed by atoms with Gasteiger partial charge in [-0.1, -0.05) is 43.2 Å². The fourth-order valence-corrected chi connectivity index (χ4v) is 2.99. The molecule has 2 nitrogen and oxygen atoms in total. The number of hydrogen-bond donors (Lipinski definition) is 1. The lowest BCUT2D eigenvalue weighted by Crippen LogP contribution is -2.55. The molecule has 1 aromatic carbocycles. The van der Waals surface area contributed by atoms with Crippen molar-refractivity contribution >= 4 is 0 Å². The van der Waals surface area contributed by atoms with Crippen molar-refractivity contribution in [2.45, 2.75) is 52.1 Å². The van der Waals surface area contributed by atoms with Gasteiger partial charge in [-0.3, -0.25) is 4.90 Å². The van der Waals surface area contributed by atoms with E-state index in [4.69, 9.17) is 0 Å². The first-order chi connectivity index (χ1) is 9.19. The Morgan fingerprint density at radius 2 is 2.21 bits per heavy atom. The Kier molecular flexibility index (Phi) is 5.41. The van der Waals surface area contributed by atoms with E-state index in [1.165, 1.54) is 43.5 Å². The van der Waals surface area contributed by atoms with Gasteiger partial charge in [0.2, 0.25) is 0 Å². The summed E-state index contributed by atoms with van der Waals surface area (Å²) in [4.78, 5) is 2.65. The number of rotatable bonds is 5. The number of piperazine rings is 1. The van der Waals surface area contributed by atoms with Crippen LogP contribution < -0.4 is 5.32 Å². The molecule has 2 unspecified atom stereocenters. The molecule has 1 N–H and O–H groups in total. The molecule has 1 heterocycles. The molecule has 106 valence electrons. The highest BCUT2D eigenvalue weighted by Crippen LogP contribution is 2.12. The topological polar surface area (TPSA) is 15.3 Å². The van der Waals surface area contributed by atoms with Crippen LogP contribution >= 0.6 is 0 Å². The molecule has 0 spiro atoms. The summed E-state index contributed by atoms with van der Waals surface area (Å²) in [5.41, 5.74) is 2.84. The van der Waals surface area contributed by atoms with Crippen LogP contribution in [0.15, 0.2) is 24.3 Å². The molecule has 0 aliphatic carbocycles. The van der Waals surface area contributed by atoms with Crippen molar-refractivity contribution in [3.05, 3.63) is 35.4 Å². The number of hydrogen-bond acceptors (Lipinski definition) is 2. The Hall–Kier alpha value is -0.860. The smallest absolute Gasteiger partial charge is 0.0195 e. The summed E-state index contributed by atoms with van der Waals surface area (Å²) in [5.74, 6) is 0. The maximum atomic E-state index is 3.67. The molecule has 0 aromatic heterocycles. The molecule has 0 saturated carbocycles.